The number of carbonyl (C=O) groups excluding carboxylic acids is 1. The van der Waals surface area contributed by atoms with Crippen LogP contribution in [0.4, 0.5) is 10.5 Å². The van der Waals surface area contributed by atoms with Crippen LogP contribution in [0.5, 0.6) is 11.5 Å². The Kier molecular flexibility index (Phi) is 6.40. The van der Waals surface area contributed by atoms with Crippen LogP contribution in [0.15, 0.2) is 89.1 Å². The van der Waals surface area contributed by atoms with Gasteiger partial charge in [-0.15, -0.1) is 0 Å². The number of ether oxygens (including phenoxy) is 2. The zero-order valence-electron chi connectivity index (χ0n) is 20.3. The predicted molar refractivity (Wildman–Crippen MR) is 137 cm³/mol. The van der Waals surface area contributed by atoms with Gasteiger partial charge in [0.1, 0.15) is 11.5 Å². The van der Waals surface area contributed by atoms with Gasteiger partial charge in [0.15, 0.2) is 0 Å². The molecule has 182 valence electrons. The number of methoxy groups -OCH3 is 1. The van der Waals surface area contributed by atoms with E-state index in [1.165, 1.54) is 0 Å². The van der Waals surface area contributed by atoms with E-state index in [2.05, 4.69) is 10.5 Å². The summed E-state index contributed by atoms with van der Waals surface area (Å²) in [6.45, 7) is 4.42. The number of allylic oxidation sites excluding steroid dienone is 1. The molecule has 8 nitrogen and oxygen atoms in total. The van der Waals surface area contributed by atoms with E-state index < -0.39 is 6.04 Å². The maximum absolute atomic E-state index is 13.3. The number of urea groups is 1. The van der Waals surface area contributed by atoms with Crippen LogP contribution in [-0.4, -0.2) is 29.9 Å². The Labute approximate surface area is 209 Å². The van der Waals surface area contributed by atoms with Crippen LogP contribution in [0.25, 0.3) is 17.0 Å². The van der Waals surface area contributed by atoms with E-state index >= 15 is 0 Å². The number of hydrogen-bond acceptors (Lipinski definition) is 6. The predicted octanol–water partition coefficient (Wildman–Crippen LogP) is 5.85. The Bertz CT molecular complexity index is 1380. The van der Waals surface area contributed by atoms with Crippen LogP contribution in [-0.2, 0) is 0 Å². The van der Waals surface area contributed by atoms with Gasteiger partial charge in [0, 0.05) is 11.3 Å². The first-order chi connectivity index (χ1) is 17.6. The fourth-order valence-electron chi connectivity index (χ4n) is 4.27. The third kappa shape index (κ3) is 4.40. The molecule has 0 saturated carbocycles. The first kappa shape index (κ1) is 23.2. The van der Waals surface area contributed by atoms with E-state index in [0.29, 0.717) is 35.5 Å². The van der Waals surface area contributed by atoms with Crippen molar-refractivity contribution in [2.24, 2.45) is 0 Å². The van der Waals surface area contributed by atoms with Crippen LogP contribution in [0.3, 0.4) is 0 Å². The molecule has 1 aliphatic rings. The molecular formula is C28H26N4O4. The van der Waals surface area contributed by atoms with Crippen molar-refractivity contribution in [3.05, 3.63) is 96.0 Å². The van der Waals surface area contributed by atoms with E-state index in [-0.39, 0.29) is 6.03 Å². The topological polar surface area (TPSA) is 89.7 Å². The average molecular weight is 483 g/mol. The SMILES string of the molecule is CCOc1ccc(-c2noc(C3=C(C)N(c4ccc(OC)cc4)C(=O)NC3c3ccccc3)n2)cc1. The molecule has 0 saturated heterocycles. The number of nitrogens with zero attached hydrogens (tertiary/aromatic N) is 3. The van der Waals surface area contributed by atoms with Gasteiger partial charge in [-0.1, -0.05) is 35.5 Å². The molecule has 36 heavy (non-hydrogen) atoms. The van der Waals surface area contributed by atoms with Crippen molar-refractivity contribution >= 4 is 17.3 Å². The Morgan fingerprint density at radius 3 is 2.33 bits per heavy atom. The second-order valence-corrected chi connectivity index (χ2v) is 8.21. The second kappa shape index (κ2) is 9.95. The van der Waals surface area contributed by atoms with Gasteiger partial charge in [0.05, 0.1) is 31.0 Å². The highest BCUT2D eigenvalue weighted by atomic mass is 16.5. The van der Waals surface area contributed by atoms with E-state index in [1.807, 2.05) is 92.7 Å². The van der Waals surface area contributed by atoms with Crippen molar-refractivity contribution in [2.75, 3.05) is 18.6 Å². The van der Waals surface area contributed by atoms with Gasteiger partial charge in [-0.25, -0.2) is 4.79 Å². The molecular weight excluding hydrogens is 456 g/mol. The third-order valence-electron chi connectivity index (χ3n) is 6.03. The Balaban J connectivity index is 1.58. The first-order valence-electron chi connectivity index (χ1n) is 11.7. The summed E-state index contributed by atoms with van der Waals surface area (Å²) in [4.78, 5) is 19.6. The first-order valence-corrected chi connectivity index (χ1v) is 11.7. The standard InChI is InChI=1S/C28H26N4O4/c1-4-35-23-14-10-20(11-15-23)26-30-27(36-31-26)24-18(2)32(21-12-16-22(34-3)17-13-21)28(33)29-25(24)19-8-6-5-7-9-19/h5-17,25H,4H2,1-3H3,(H,29,33). The number of rotatable bonds is 7. The van der Waals surface area contributed by atoms with Crippen LogP contribution < -0.4 is 19.7 Å². The molecule has 3 aromatic carbocycles. The molecule has 0 aliphatic carbocycles. The molecule has 1 aromatic heterocycles. The molecule has 0 radical (unpaired) electrons. The lowest BCUT2D eigenvalue weighted by Gasteiger charge is -2.35. The molecule has 1 atom stereocenters. The maximum atomic E-state index is 13.3. The molecule has 2 heterocycles. The van der Waals surface area contributed by atoms with Gasteiger partial charge < -0.3 is 19.3 Å². The summed E-state index contributed by atoms with van der Waals surface area (Å²) in [6, 6.07) is 23.9. The van der Waals surface area contributed by atoms with Gasteiger partial charge in [-0.05, 0) is 67.9 Å². The van der Waals surface area contributed by atoms with Crippen molar-refractivity contribution in [3.8, 4) is 22.9 Å². The summed E-state index contributed by atoms with van der Waals surface area (Å²) in [5, 5.41) is 7.34. The molecule has 4 aromatic rings. The molecule has 1 aliphatic heterocycles. The number of aromatic nitrogens is 2. The number of hydrogen-bond donors (Lipinski definition) is 1. The zero-order chi connectivity index (χ0) is 25.1. The van der Waals surface area contributed by atoms with Crippen LogP contribution in [0.1, 0.15) is 31.3 Å². The summed E-state index contributed by atoms with van der Waals surface area (Å²) in [5.41, 5.74) is 3.83. The lowest BCUT2D eigenvalue weighted by molar-refractivity contribution is 0.244. The van der Waals surface area contributed by atoms with Crippen LogP contribution >= 0.6 is 0 Å². The number of amides is 2. The van der Waals surface area contributed by atoms with Crippen molar-refractivity contribution in [2.45, 2.75) is 19.9 Å². The number of nitrogens with one attached hydrogen (secondary N) is 1. The highest BCUT2D eigenvalue weighted by molar-refractivity contribution is 6.01. The van der Waals surface area contributed by atoms with Crippen LogP contribution in [0, 0.1) is 0 Å². The zero-order valence-corrected chi connectivity index (χ0v) is 20.3. The normalized spacial score (nSPS) is 15.6. The fraction of sp³-hybridized carbons (Fsp3) is 0.179. The smallest absolute Gasteiger partial charge is 0.326 e. The molecule has 5 rings (SSSR count). The lowest BCUT2D eigenvalue weighted by atomic mass is 9.94. The van der Waals surface area contributed by atoms with Gasteiger partial charge in [0.2, 0.25) is 5.82 Å². The minimum absolute atomic E-state index is 0.249. The summed E-state index contributed by atoms with van der Waals surface area (Å²) < 4.78 is 16.6. The number of benzene rings is 3. The third-order valence-corrected chi connectivity index (χ3v) is 6.03. The van der Waals surface area contributed by atoms with E-state index in [1.54, 1.807) is 12.0 Å². The lowest BCUT2D eigenvalue weighted by Crippen LogP contribution is -2.46. The van der Waals surface area contributed by atoms with E-state index in [4.69, 9.17) is 19.0 Å². The summed E-state index contributed by atoms with van der Waals surface area (Å²) in [6.07, 6.45) is 0. The molecule has 0 fully saturated rings. The second-order valence-electron chi connectivity index (χ2n) is 8.21. The summed E-state index contributed by atoms with van der Waals surface area (Å²) in [5.74, 6) is 2.27. The minimum atomic E-state index is -0.457. The van der Waals surface area contributed by atoms with Gasteiger partial charge in [-0.3, -0.25) is 4.90 Å². The van der Waals surface area contributed by atoms with Crippen molar-refractivity contribution in [3.63, 3.8) is 0 Å². The van der Waals surface area contributed by atoms with E-state index in [9.17, 15) is 4.79 Å². The summed E-state index contributed by atoms with van der Waals surface area (Å²) >= 11 is 0. The van der Waals surface area contributed by atoms with Crippen molar-refractivity contribution < 1.29 is 18.8 Å². The van der Waals surface area contributed by atoms with Gasteiger partial charge in [0.25, 0.3) is 5.89 Å². The Morgan fingerprint density at radius 2 is 1.67 bits per heavy atom. The summed E-state index contributed by atoms with van der Waals surface area (Å²) in [7, 11) is 1.61. The quantitative estimate of drug-likeness (QED) is 0.356. The molecule has 1 unspecified atom stereocenters. The van der Waals surface area contributed by atoms with E-state index in [0.717, 1.165) is 22.4 Å². The van der Waals surface area contributed by atoms with Gasteiger partial charge in [-0.2, -0.15) is 4.98 Å². The maximum Gasteiger partial charge on any atom is 0.326 e. The highest BCUT2D eigenvalue weighted by Gasteiger charge is 2.36. The largest absolute Gasteiger partial charge is 0.497 e. The van der Waals surface area contributed by atoms with Crippen LogP contribution in [0.2, 0.25) is 0 Å². The number of carbonyl (C=O) groups is 1. The molecule has 1 N–H and O–H groups in total. The van der Waals surface area contributed by atoms with Gasteiger partial charge >= 0.3 is 6.03 Å². The fourth-order valence-corrected chi connectivity index (χ4v) is 4.27. The molecule has 0 spiro atoms. The molecule has 0 bridgehead atoms. The monoisotopic (exact) mass is 482 g/mol. The molecule has 8 heteroatoms. The highest BCUT2D eigenvalue weighted by Crippen LogP contribution is 2.39. The average Bonchev–Trinajstić information content (AvgIpc) is 3.39. The molecule has 2 amide bonds. The number of anilines is 1. The Hall–Kier alpha value is -4.59. The van der Waals surface area contributed by atoms with Crippen molar-refractivity contribution in [1.29, 1.82) is 0 Å². The Morgan fingerprint density at radius 1 is 0.972 bits per heavy atom. The van der Waals surface area contributed by atoms with Crippen molar-refractivity contribution in [1.82, 2.24) is 15.5 Å². The minimum Gasteiger partial charge on any atom is -0.497 e.